The average molecular weight is 523 g/mol. The summed E-state index contributed by atoms with van der Waals surface area (Å²) in [6.45, 7) is 6.99. The first-order chi connectivity index (χ1) is 18.7. The van der Waals surface area contributed by atoms with Crippen LogP contribution in [0.5, 0.6) is 0 Å². The van der Waals surface area contributed by atoms with Gasteiger partial charge >= 0.3 is 5.97 Å². The number of halogens is 2. The number of nitrogens with zero attached hydrogens (tertiary/aromatic N) is 2. The lowest BCUT2D eigenvalue weighted by Gasteiger charge is -2.19. The van der Waals surface area contributed by atoms with Gasteiger partial charge in [0.2, 0.25) is 0 Å². The van der Waals surface area contributed by atoms with Crippen molar-refractivity contribution in [2.75, 3.05) is 0 Å². The highest BCUT2D eigenvalue weighted by molar-refractivity contribution is 5.95. The zero-order valence-electron chi connectivity index (χ0n) is 22.0. The van der Waals surface area contributed by atoms with Crippen LogP contribution in [0.25, 0.3) is 22.9 Å². The molecule has 5 aromatic rings. The Morgan fingerprint density at radius 3 is 2.05 bits per heavy atom. The van der Waals surface area contributed by atoms with Crippen molar-refractivity contribution in [2.45, 2.75) is 32.7 Å². The second-order valence-electron chi connectivity index (χ2n) is 10.3. The van der Waals surface area contributed by atoms with Crippen molar-refractivity contribution in [1.82, 2.24) is 9.55 Å². The first kappa shape index (κ1) is 26.0. The molecule has 0 saturated heterocycles. The van der Waals surface area contributed by atoms with Crippen molar-refractivity contribution < 1.29 is 18.3 Å². The van der Waals surface area contributed by atoms with Gasteiger partial charge in [-0.1, -0.05) is 81.4 Å². The monoisotopic (exact) mass is 522 g/mol. The molecule has 0 aliphatic rings. The van der Waals surface area contributed by atoms with E-state index in [1.54, 1.807) is 12.1 Å². The number of esters is 1. The van der Waals surface area contributed by atoms with Crippen LogP contribution in [-0.2, 0) is 16.7 Å². The highest BCUT2D eigenvalue weighted by Crippen LogP contribution is 2.28. The molecule has 6 heteroatoms. The van der Waals surface area contributed by atoms with Crippen LogP contribution in [0.15, 0.2) is 97.1 Å². The van der Waals surface area contributed by atoms with Crippen molar-refractivity contribution in [3.63, 3.8) is 0 Å². The van der Waals surface area contributed by atoms with Gasteiger partial charge in [0.25, 0.3) is 0 Å². The maximum absolute atomic E-state index is 14.9. The molecular weight excluding hydrogens is 494 g/mol. The third-order valence-electron chi connectivity index (χ3n) is 6.54. The second-order valence-corrected chi connectivity index (χ2v) is 10.3. The quantitative estimate of drug-likeness (QED) is 0.168. The Bertz CT molecular complexity index is 1680. The first-order valence-corrected chi connectivity index (χ1v) is 12.7. The molecule has 5 rings (SSSR count). The third kappa shape index (κ3) is 5.65. The SMILES string of the molecule is CC(C)(C)c1ccc(Cn2c(/C=C(\OC(=O)c3ccccc3F)c3ccccc3F)nc3ccccc32)cc1. The van der Waals surface area contributed by atoms with E-state index in [4.69, 9.17) is 9.72 Å². The number of hydrogen-bond acceptors (Lipinski definition) is 3. The molecule has 0 aliphatic heterocycles. The molecular formula is C33H28F2N2O2. The predicted octanol–water partition coefficient (Wildman–Crippen LogP) is 8.02. The summed E-state index contributed by atoms with van der Waals surface area (Å²) >= 11 is 0. The summed E-state index contributed by atoms with van der Waals surface area (Å²) in [4.78, 5) is 17.7. The number of aromatic nitrogens is 2. The molecule has 0 amide bonds. The van der Waals surface area contributed by atoms with Crippen LogP contribution in [0.2, 0.25) is 0 Å². The van der Waals surface area contributed by atoms with E-state index >= 15 is 0 Å². The number of hydrogen-bond donors (Lipinski definition) is 0. The van der Waals surface area contributed by atoms with Gasteiger partial charge in [0.1, 0.15) is 23.2 Å². The Morgan fingerprint density at radius 2 is 1.41 bits per heavy atom. The van der Waals surface area contributed by atoms with Gasteiger partial charge in [-0.2, -0.15) is 0 Å². The number of benzene rings is 4. The molecule has 0 N–H and O–H groups in total. The summed E-state index contributed by atoms with van der Waals surface area (Å²) in [5.74, 6) is -1.83. The number of para-hydroxylation sites is 2. The average Bonchev–Trinajstić information content (AvgIpc) is 3.25. The minimum atomic E-state index is -0.928. The molecule has 0 radical (unpaired) electrons. The number of rotatable bonds is 6. The summed E-state index contributed by atoms with van der Waals surface area (Å²) in [5.41, 5.74) is 3.74. The fourth-order valence-electron chi connectivity index (χ4n) is 4.39. The minimum absolute atomic E-state index is 0.0326. The van der Waals surface area contributed by atoms with Crippen LogP contribution in [0.3, 0.4) is 0 Å². The van der Waals surface area contributed by atoms with Crippen molar-refractivity contribution in [3.05, 3.63) is 137 Å². The number of carbonyl (C=O) groups is 1. The van der Waals surface area contributed by atoms with Gasteiger partial charge in [-0.15, -0.1) is 0 Å². The maximum atomic E-state index is 14.9. The molecule has 0 spiro atoms. The van der Waals surface area contributed by atoms with E-state index in [9.17, 15) is 13.6 Å². The van der Waals surface area contributed by atoms with Crippen LogP contribution in [0.1, 0.15) is 53.6 Å². The first-order valence-electron chi connectivity index (χ1n) is 12.7. The van der Waals surface area contributed by atoms with Gasteiger partial charge in [0.15, 0.2) is 0 Å². The zero-order chi connectivity index (χ0) is 27.6. The molecule has 0 unspecified atom stereocenters. The highest BCUT2D eigenvalue weighted by atomic mass is 19.1. The van der Waals surface area contributed by atoms with Gasteiger partial charge in [0.05, 0.1) is 22.2 Å². The lowest BCUT2D eigenvalue weighted by Crippen LogP contribution is -2.11. The van der Waals surface area contributed by atoms with Crippen molar-refractivity contribution in [1.29, 1.82) is 0 Å². The van der Waals surface area contributed by atoms with Gasteiger partial charge in [0, 0.05) is 12.6 Å². The van der Waals surface area contributed by atoms with Gasteiger partial charge in [-0.3, -0.25) is 0 Å². The van der Waals surface area contributed by atoms with Crippen LogP contribution < -0.4 is 0 Å². The van der Waals surface area contributed by atoms with E-state index in [0.717, 1.165) is 16.6 Å². The molecule has 0 atom stereocenters. The Balaban J connectivity index is 1.60. The van der Waals surface area contributed by atoms with Crippen molar-refractivity contribution in [3.8, 4) is 0 Å². The Hall–Kier alpha value is -4.58. The van der Waals surface area contributed by atoms with E-state index < -0.39 is 17.6 Å². The summed E-state index contributed by atoms with van der Waals surface area (Å²) in [6, 6.07) is 27.6. The van der Waals surface area contributed by atoms with Crippen LogP contribution in [0.4, 0.5) is 8.78 Å². The van der Waals surface area contributed by atoms with E-state index in [1.165, 1.54) is 48.0 Å². The zero-order valence-corrected chi connectivity index (χ0v) is 22.0. The Labute approximate surface area is 226 Å². The van der Waals surface area contributed by atoms with E-state index in [0.29, 0.717) is 12.4 Å². The lowest BCUT2D eigenvalue weighted by molar-refractivity contribution is 0.0688. The third-order valence-corrected chi connectivity index (χ3v) is 6.54. The van der Waals surface area contributed by atoms with Crippen molar-refractivity contribution >= 4 is 28.8 Å². The van der Waals surface area contributed by atoms with Crippen LogP contribution >= 0.6 is 0 Å². The van der Waals surface area contributed by atoms with Gasteiger partial charge in [-0.05, 0) is 52.9 Å². The van der Waals surface area contributed by atoms with Gasteiger partial charge < -0.3 is 9.30 Å². The maximum Gasteiger partial charge on any atom is 0.346 e. The smallest absolute Gasteiger partial charge is 0.346 e. The number of ether oxygens (including phenoxy) is 1. The summed E-state index contributed by atoms with van der Waals surface area (Å²) in [6.07, 6.45) is 1.53. The van der Waals surface area contributed by atoms with Crippen LogP contribution in [0, 0.1) is 11.6 Å². The minimum Gasteiger partial charge on any atom is -0.422 e. The molecule has 0 bridgehead atoms. The van der Waals surface area contributed by atoms with E-state index in [2.05, 4.69) is 45.0 Å². The second kappa shape index (κ2) is 10.7. The Morgan fingerprint density at radius 1 is 0.821 bits per heavy atom. The van der Waals surface area contributed by atoms with E-state index in [1.807, 2.05) is 28.8 Å². The number of carbonyl (C=O) groups excluding carboxylic acids is 1. The summed E-state index contributed by atoms with van der Waals surface area (Å²) in [5, 5.41) is 0. The standard InChI is InChI=1S/C33H28F2N2O2/c1-33(2,3)23-18-16-22(17-19-23)21-37-29-15-9-8-14-28(29)36-31(37)20-30(24-10-4-6-12-26(24)34)39-32(38)25-11-5-7-13-27(25)35/h4-20H,21H2,1-3H3/b30-20-. The topological polar surface area (TPSA) is 44.1 Å². The fourth-order valence-corrected chi connectivity index (χ4v) is 4.39. The Kier molecular flexibility index (Phi) is 7.11. The molecule has 0 saturated carbocycles. The number of imidazole rings is 1. The van der Waals surface area contributed by atoms with Crippen LogP contribution in [-0.4, -0.2) is 15.5 Å². The van der Waals surface area contributed by atoms with E-state index in [-0.39, 0.29) is 22.3 Å². The normalized spacial score (nSPS) is 12.1. The summed E-state index contributed by atoms with van der Waals surface area (Å²) in [7, 11) is 0. The molecule has 0 fully saturated rings. The summed E-state index contributed by atoms with van der Waals surface area (Å²) < 4.78 is 36.9. The lowest BCUT2D eigenvalue weighted by atomic mass is 9.87. The molecule has 196 valence electrons. The largest absolute Gasteiger partial charge is 0.422 e. The number of fused-ring (bicyclic) bond motifs is 1. The molecule has 1 aromatic heterocycles. The highest BCUT2D eigenvalue weighted by Gasteiger charge is 2.20. The fraction of sp³-hybridized carbons (Fsp3) is 0.152. The molecule has 39 heavy (non-hydrogen) atoms. The molecule has 4 nitrogen and oxygen atoms in total. The molecule has 1 heterocycles. The van der Waals surface area contributed by atoms with Gasteiger partial charge in [-0.25, -0.2) is 18.6 Å². The molecule has 0 aliphatic carbocycles. The van der Waals surface area contributed by atoms with Crippen molar-refractivity contribution in [2.24, 2.45) is 0 Å². The molecule has 4 aromatic carbocycles. The predicted molar refractivity (Wildman–Crippen MR) is 150 cm³/mol.